The van der Waals surface area contributed by atoms with Gasteiger partial charge in [0, 0.05) is 6.42 Å². The summed E-state index contributed by atoms with van der Waals surface area (Å²) in [7, 11) is 0. The van der Waals surface area contributed by atoms with Gasteiger partial charge in [0.15, 0.2) is 0 Å². The molecule has 0 amide bonds. The van der Waals surface area contributed by atoms with E-state index < -0.39 is 6.29 Å². The van der Waals surface area contributed by atoms with Gasteiger partial charge in [0.2, 0.25) is 6.29 Å². The van der Waals surface area contributed by atoms with Crippen molar-refractivity contribution in [3.8, 4) is 0 Å². The van der Waals surface area contributed by atoms with Gasteiger partial charge in [-0.1, -0.05) is 74.1 Å². The molecular weight excluding hydrogens is 400 g/mol. The number of esters is 2. The minimum atomic E-state index is -0.742. The number of fused-ring (bicyclic) bond motifs is 2. The maximum absolute atomic E-state index is 13.6. The topological polar surface area (TPSA) is 52.6 Å². The number of unbranched alkanes of at least 4 members (excludes halogenated alkanes) is 2. The minimum Gasteiger partial charge on any atom is -0.425 e. The van der Waals surface area contributed by atoms with Gasteiger partial charge in [-0.3, -0.25) is 9.59 Å². The first-order valence-corrected chi connectivity index (χ1v) is 13.4. The Morgan fingerprint density at radius 2 is 1.22 bits per heavy atom. The van der Waals surface area contributed by atoms with E-state index in [4.69, 9.17) is 9.47 Å². The molecule has 4 fully saturated rings. The Labute approximate surface area is 195 Å². The third kappa shape index (κ3) is 3.36. The van der Waals surface area contributed by atoms with E-state index in [1.54, 1.807) is 0 Å². The molecule has 0 N–H and O–H groups in total. The van der Waals surface area contributed by atoms with Gasteiger partial charge in [0.1, 0.15) is 0 Å². The van der Waals surface area contributed by atoms with Gasteiger partial charge in [-0.15, -0.1) is 0 Å². The smallest absolute Gasteiger partial charge is 0.316 e. The van der Waals surface area contributed by atoms with Crippen molar-refractivity contribution in [2.24, 2.45) is 45.3 Å². The lowest BCUT2D eigenvalue weighted by Crippen LogP contribution is -2.37. The molecule has 4 nitrogen and oxygen atoms in total. The second kappa shape index (κ2) is 8.01. The SMILES string of the molecule is CCCCCC(OC(=O)C12CC(C)CCC1C2(C)C)OC(=O)C12CC(C)CCC1C2(C)C. The highest BCUT2D eigenvalue weighted by Crippen LogP contribution is 2.77. The van der Waals surface area contributed by atoms with E-state index in [-0.39, 0.29) is 33.6 Å². The lowest BCUT2D eigenvalue weighted by atomic mass is 9.80. The Kier molecular flexibility index (Phi) is 6.03. The van der Waals surface area contributed by atoms with Crippen LogP contribution in [0.25, 0.3) is 0 Å². The first-order valence-electron chi connectivity index (χ1n) is 13.4. The second-order valence-corrected chi connectivity index (χ2v) is 13.0. The zero-order valence-electron chi connectivity index (χ0n) is 21.6. The van der Waals surface area contributed by atoms with Crippen LogP contribution in [0.4, 0.5) is 0 Å². The zero-order valence-corrected chi connectivity index (χ0v) is 21.6. The van der Waals surface area contributed by atoms with Crippen LogP contribution < -0.4 is 0 Å². The summed E-state index contributed by atoms with van der Waals surface area (Å²) < 4.78 is 12.2. The average molecular weight is 447 g/mol. The van der Waals surface area contributed by atoms with Crippen molar-refractivity contribution >= 4 is 11.9 Å². The molecule has 4 aliphatic rings. The molecule has 32 heavy (non-hydrogen) atoms. The Bertz CT molecular complexity index is 697. The Morgan fingerprint density at radius 3 is 1.62 bits per heavy atom. The van der Waals surface area contributed by atoms with E-state index in [1.807, 2.05) is 0 Å². The number of ether oxygens (including phenoxy) is 2. The van der Waals surface area contributed by atoms with Gasteiger partial charge in [0.05, 0.1) is 10.8 Å². The van der Waals surface area contributed by atoms with E-state index in [9.17, 15) is 9.59 Å². The highest BCUT2D eigenvalue weighted by atomic mass is 16.7. The van der Waals surface area contributed by atoms with Crippen LogP contribution in [0, 0.1) is 45.3 Å². The second-order valence-electron chi connectivity index (χ2n) is 13.0. The van der Waals surface area contributed by atoms with Gasteiger partial charge < -0.3 is 9.47 Å². The zero-order chi connectivity index (χ0) is 23.5. The van der Waals surface area contributed by atoms with Crippen molar-refractivity contribution in [2.75, 3.05) is 0 Å². The molecule has 0 radical (unpaired) electrons. The van der Waals surface area contributed by atoms with Crippen molar-refractivity contribution in [1.82, 2.24) is 0 Å². The van der Waals surface area contributed by atoms with Gasteiger partial charge >= 0.3 is 11.9 Å². The first-order chi connectivity index (χ1) is 14.9. The molecule has 182 valence electrons. The molecule has 0 heterocycles. The molecule has 4 rings (SSSR count). The van der Waals surface area contributed by atoms with Crippen molar-refractivity contribution in [3.05, 3.63) is 0 Å². The van der Waals surface area contributed by atoms with Crippen LogP contribution in [-0.4, -0.2) is 18.2 Å². The predicted molar refractivity (Wildman–Crippen MR) is 126 cm³/mol. The molecule has 4 aliphatic carbocycles. The van der Waals surface area contributed by atoms with Crippen LogP contribution in [-0.2, 0) is 19.1 Å². The lowest BCUT2D eigenvalue weighted by molar-refractivity contribution is -0.200. The summed E-state index contributed by atoms with van der Waals surface area (Å²) in [4.78, 5) is 27.2. The minimum absolute atomic E-state index is 0.0200. The molecular formula is C28H46O4. The summed E-state index contributed by atoms with van der Waals surface area (Å²) >= 11 is 0. The molecule has 0 aromatic heterocycles. The predicted octanol–water partition coefficient (Wildman–Crippen LogP) is 6.90. The summed E-state index contributed by atoms with van der Waals surface area (Å²) in [6.45, 7) is 15.5. The third-order valence-corrected chi connectivity index (χ3v) is 10.6. The van der Waals surface area contributed by atoms with Gasteiger partial charge in [-0.2, -0.15) is 0 Å². The van der Waals surface area contributed by atoms with Crippen LogP contribution in [0.5, 0.6) is 0 Å². The summed E-state index contributed by atoms with van der Waals surface area (Å²) in [6.07, 6.45) is 9.29. The molecule has 4 heteroatoms. The van der Waals surface area contributed by atoms with Crippen LogP contribution in [0.2, 0.25) is 0 Å². The number of carbonyl (C=O) groups excluding carboxylic acids is 2. The van der Waals surface area contributed by atoms with E-state index in [1.165, 1.54) is 12.8 Å². The molecule has 0 aliphatic heterocycles. The highest BCUT2D eigenvalue weighted by Gasteiger charge is 2.78. The van der Waals surface area contributed by atoms with Crippen LogP contribution in [0.3, 0.4) is 0 Å². The third-order valence-electron chi connectivity index (χ3n) is 10.6. The van der Waals surface area contributed by atoms with Gasteiger partial charge in [-0.25, -0.2) is 0 Å². The monoisotopic (exact) mass is 446 g/mol. The lowest BCUT2D eigenvalue weighted by Gasteiger charge is -2.31. The summed E-state index contributed by atoms with van der Waals surface area (Å²) in [6, 6.07) is 0. The molecule has 6 unspecified atom stereocenters. The van der Waals surface area contributed by atoms with Crippen molar-refractivity contribution in [3.63, 3.8) is 0 Å². The summed E-state index contributed by atoms with van der Waals surface area (Å²) in [5, 5.41) is 0. The van der Waals surface area contributed by atoms with E-state index in [0.29, 0.717) is 30.1 Å². The van der Waals surface area contributed by atoms with Crippen LogP contribution in [0.15, 0.2) is 0 Å². The van der Waals surface area contributed by atoms with Gasteiger partial charge in [-0.05, 0) is 66.6 Å². The standard InChI is InChI=1S/C28H46O4/c1-8-9-10-11-22(31-23(29)27-16-18(2)12-14-20(27)25(27,4)5)32-24(30)28-17-19(3)13-15-21(28)26(28,6)7/h18-22H,8-17H2,1-7H3. The molecule has 0 aromatic rings. The molecule has 0 saturated heterocycles. The molecule has 6 atom stereocenters. The number of hydrogen-bond donors (Lipinski definition) is 0. The van der Waals surface area contributed by atoms with E-state index >= 15 is 0 Å². The highest BCUT2D eigenvalue weighted by molar-refractivity contribution is 5.85. The molecule has 4 saturated carbocycles. The maximum Gasteiger partial charge on any atom is 0.316 e. The summed E-state index contributed by atoms with van der Waals surface area (Å²) in [5.74, 6) is 1.64. The molecule has 0 spiro atoms. The fourth-order valence-electron chi connectivity index (χ4n) is 8.29. The Morgan fingerprint density at radius 1 is 0.781 bits per heavy atom. The quantitative estimate of drug-likeness (QED) is 0.231. The number of hydrogen-bond acceptors (Lipinski definition) is 4. The van der Waals surface area contributed by atoms with E-state index in [0.717, 1.165) is 44.9 Å². The summed E-state index contributed by atoms with van der Waals surface area (Å²) in [5.41, 5.74) is -0.819. The normalized spacial score (nSPS) is 41.6. The van der Waals surface area contributed by atoms with Gasteiger partial charge in [0.25, 0.3) is 0 Å². The Hall–Kier alpha value is -1.06. The molecule has 0 aromatic carbocycles. The average Bonchev–Trinajstić information content (AvgIpc) is 3.44. The van der Waals surface area contributed by atoms with Crippen molar-refractivity contribution in [2.45, 2.75) is 119 Å². The fourth-order valence-corrected chi connectivity index (χ4v) is 8.29. The largest absolute Gasteiger partial charge is 0.425 e. The fraction of sp³-hybridized carbons (Fsp3) is 0.929. The first kappa shape index (κ1) is 24.1. The maximum atomic E-state index is 13.6. The van der Waals surface area contributed by atoms with E-state index in [2.05, 4.69) is 48.5 Å². The molecule has 0 bridgehead atoms. The van der Waals surface area contributed by atoms with Crippen molar-refractivity contribution in [1.29, 1.82) is 0 Å². The number of rotatable bonds is 8. The van der Waals surface area contributed by atoms with Crippen molar-refractivity contribution < 1.29 is 19.1 Å². The van der Waals surface area contributed by atoms with Crippen LogP contribution >= 0.6 is 0 Å². The number of carbonyl (C=O) groups is 2. The van der Waals surface area contributed by atoms with Crippen LogP contribution in [0.1, 0.15) is 113 Å². The Balaban J connectivity index is 1.48.